The van der Waals surface area contributed by atoms with Crippen LogP contribution < -0.4 is 10.4 Å². The molecule has 0 saturated heterocycles. The van der Waals surface area contributed by atoms with Crippen LogP contribution in [0.5, 0.6) is 0 Å². The van der Waals surface area contributed by atoms with Crippen LogP contribution in [0.3, 0.4) is 0 Å². The minimum absolute atomic E-state index is 1.10. The summed E-state index contributed by atoms with van der Waals surface area (Å²) in [4.78, 5) is 42.6. The van der Waals surface area contributed by atoms with Gasteiger partial charge in [0.2, 0.25) is 11.5 Å². The van der Waals surface area contributed by atoms with Crippen molar-refractivity contribution in [3.05, 3.63) is 91.0 Å². The Labute approximate surface area is 197 Å². The predicted molar refractivity (Wildman–Crippen MR) is 122 cm³/mol. The summed E-state index contributed by atoms with van der Waals surface area (Å²) in [5.41, 5.74) is 0.761. The molecule has 35 heavy (non-hydrogen) atoms. The Balaban J connectivity index is 0.000000166. The fraction of sp³-hybridized carbons (Fsp3) is 0.154. The first-order valence-electron chi connectivity index (χ1n) is 10.7. The largest absolute Gasteiger partial charge is 0.478 e. The average Bonchev–Trinajstić information content (AvgIpc) is 3.26. The van der Waals surface area contributed by atoms with Crippen molar-refractivity contribution in [1.29, 1.82) is 0 Å². The lowest BCUT2D eigenvalue weighted by Gasteiger charge is -2.16. The van der Waals surface area contributed by atoms with E-state index in [4.69, 9.17) is 20.4 Å². The van der Waals surface area contributed by atoms with Gasteiger partial charge in [-0.15, -0.1) is 0 Å². The molecule has 5 rings (SSSR count). The van der Waals surface area contributed by atoms with Gasteiger partial charge in [-0.25, -0.2) is 19.2 Å². The quantitative estimate of drug-likeness (QED) is 0.443. The van der Waals surface area contributed by atoms with Crippen molar-refractivity contribution in [2.45, 2.75) is 25.7 Å². The summed E-state index contributed by atoms with van der Waals surface area (Å²) in [7, 11) is 0. The van der Waals surface area contributed by atoms with Crippen LogP contribution in [0.4, 0.5) is 0 Å². The highest BCUT2D eigenvalue weighted by Crippen LogP contribution is 2.23. The highest BCUT2D eigenvalue weighted by atomic mass is 16.4. The SMILES string of the molecule is C1=c2ccc3c(c2CCC1)CC=c1ccccc1=3.O=C(O)c1oc(C(=O)O)c(C(=O)O)c1C(=O)O. The molecule has 0 amide bonds. The topological polar surface area (TPSA) is 162 Å². The molecule has 0 saturated carbocycles. The average molecular weight is 476 g/mol. The van der Waals surface area contributed by atoms with E-state index >= 15 is 0 Å². The van der Waals surface area contributed by atoms with Gasteiger partial charge >= 0.3 is 23.9 Å². The summed E-state index contributed by atoms with van der Waals surface area (Å²) >= 11 is 0. The molecule has 0 atom stereocenters. The summed E-state index contributed by atoms with van der Waals surface area (Å²) in [6.45, 7) is 0. The van der Waals surface area contributed by atoms with Crippen LogP contribution >= 0.6 is 0 Å². The molecular weight excluding hydrogens is 456 g/mol. The van der Waals surface area contributed by atoms with Gasteiger partial charge in [0.1, 0.15) is 11.1 Å². The predicted octanol–water partition coefficient (Wildman–Crippen LogP) is 2.50. The standard InChI is InChI=1S/C18H16.C8H4O9/c1-3-7-15-13(5-1)9-11-18-16-8-4-2-6-14(16)10-12-17(15)18;9-5(10)1-2(6(11)12)4(8(15)16)17-3(1)7(13)14/h1,3,5-7,9-10,12H,2,4,8,11H2;(H,9,10)(H,11,12)(H,13,14)(H,15,16). The van der Waals surface area contributed by atoms with E-state index in [2.05, 4.69) is 53.0 Å². The molecule has 2 aromatic carbocycles. The van der Waals surface area contributed by atoms with Gasteiger partial charge < -0.3 is 24.8 Å². The molecule has 2 aliphatic rings. The third-order valence-corrected chi connectivity index (χ3v) is 5.96. The number of hydrogen-bond acceptors (Lipinski definition) is 5. The molecule has 9 heteroatoms. The van der Waals surface area contributed by atoms with Crippen molar-refractivity contribution in [2.75, 3.05) is 0 Å². The molecule has 0 aliphatic heterocycles. The maximum Gasteiger partial charge on any atom is 0.372 e. The van der Waals surface area contributed by atoms with E-state index in [-0.39, 0.29) is 0 Å². The highest BCUT2D eigenvalue weighted by Gasteiger charge is 2.35. The van der Waals surface area contributed by atoms with Crippen LogP contribution in [0.2, 0.25) is 0 Å². The van der Waals surface area contributed by atoms with Gasteiger partial charge in [0.25, 0.3) is 0 Å². The number of carboxylic acid groups (broad SMARTS) is 4. The minimum Gasteiger partial charge on any atom is -0.478 e. The number of rotatable bonds is 4. The summed E-state index contributed by atoms with van der Waals surface area (Å²) in [6.07, 6.45) is 9.69. The number of carboxylic acids is 4. The van der Waals surface area contributed by atoms with E-state index in [0.29, 0.717) is 0 Å². The van der Waals surface area contributed by atoms with Crippen LogP contribution in [0.1, 0.15) is 65.8 Å². The molecule has 9 nitrogen and oxygen atoms in total. The molecule has 0 spiro atoms. The van der Waals surface area contributed by atoms with Gasteiger partial charge in [0, 0.05) is 0 Å². The van der Waals surface area contributed by atoms with E-state index in [0.717, 1.165) is 6.42 Å². The molecule has 2 aliphatic carbocycles. The zero-order valence-corrected chi connectivity index (χ0v) is 18.3. The molecule has 1 heterocycles. The number of fused-ring (bicyclic) bond motifs is 4. The number of carbonyl (C=O) groups is 4. The van der Waals surface area contributed by atoms with Crippen molar-refractivity contribution >= 4 is 36.0 Å². The van der Waals surface area contributed by atoms with Crippen LogP contribution in [0.25, 0.3) is 12.2 Å². The fourth-order valence-corrected chi connectivity index (χ4v) is 4.49. The summed E-state index contributed by atoms with van der Waals surface area (Å²) in [5.74, 6) is -10.1. The van der Waals surface area contributed by atoms with Crippen molar-refractivity contribution in [2.24, 2.45) is 0 Å². The molecule has 3 aromatic rings. The Hall–Kier alpha value is -4.66. The second-order valence-electron chi connectivity index (χ2n) is 7.98. The first-order valence-corrected chi connectivity index (χ1v) is 10.7. The smallest absolute Gasteiger partial charge is 0.372 e. The molecule has 0 radical (unpaired) electrons. The monoisotopic (exact) mass is 476 g/mol. The first-order chi connectivity index (χ1) is 16.7. The molecule has 0 bridgehead atoms. The zero-order valence-electron chi connectivity index (χ0n) is 18.3. The van der Waals surface area contributed by atoms with Gasteiger partial charge in [-0.05, 0) is 57.7 Å². The fourth-order valence-electron chi connectivity index (χ4n) is 4.49. The van der Waals surface area contributed by atoms with E-state index in [1.807, 2.05) is 0 Å². The van der Waals surface area contributed by atoms with Gasteiger partial charge in [-0.1, -0.05) is 48.6 Å². The minimum atomic E-state index is -1.91. The van der Waals surface area contributed by atoms with Crippen molar-refractivity contribution in [1.82, 2.24) is 0 Å². The number of aromatic carboxylic acids is 4. The Kier molecular flexibility index (Phi) is 6.24. The Morgan fingerprint density at radius 2 is 1.29 bits per heavy atom. The van der Waals surface area contributed by atoms with E-state index in [1.165, 1.54) is 40.1 Å². The normalized spacial score (nSPS) is 12.9. The number of hydrogen-bond donors (Lipinski definition) is 4. The molecule has 0 fully saturated rings. The summed E-state index contributed by atoms with van der Waals surface area (Å²) in [5, 5.41) is 40.2. The van der Waals surface area contributed by atoms with Gasteiger partial charge in [0.05, 0.1) is 0 Å². The second kappa shape index (κ2) is 9.30. The molecule has 0 unspecified atom stereocenters. The number of benzene rings is 2. The number of furan rings is 1. The molecule has 1 aromatic heterocycles. The van der Waals surface area contributed by atoms with Crippen molar-refractivity contribution in [3.8, 4) is 0 Å². The van der Waals surface area contributed by atoms with Gasteiger partial charge in [-0.2, -0.15) is 0 Å². The maximum absolute atomic E-state index is 10.7. The lowest BCUT2D eigenvalue weighted by Crippen LogP contribution is -2.19. The molecule has 178 valence electrons. The Morgan fingerprint density at radius 3 is 1.89 bits per heavy atom. The summed E-state index contributed by atoms with van der Waals surface area (Å²) < 4.78 is 4.23. The highest BCUT2D eigenvalue weighted by molar-refractivity contribution is 6.12. The van der Waals surface area contributed by atoms with Crippen LogP contribution in [-0.2, 0) is 12.8 Å². The van der Waals surface area contributed by atoms with Crippen LogP contribution in [0.15, 0.2) is 40.8 Å². The first kappa shape index (κ1) is 23.5. The van der Waals surface area contributed by atoms with E-state index in [1.54, 1.807) is 11.1 Å². The van der Waals surface area contributed by atoms with Crippen molar-refractivity contribution in [3.63, 3.8) is 0 Å². The lowest BCUT2D eigenvalue weighted by molar-refractivity contribution is 0.0604. The third-order valence-electron chi connectivity index (χ3n) is 5.96. The lowest BCUT2D eigenvalue weighted by atomic mass is 9.89. The van der Waals surface area contributed by atoms with Crippen LogP contribution in [0, 0.1) is 10.4 Å². The molecular formula is C26H20O9. The zero-order chi connectivity index (χ0) is 25.3. The third kappa shape index (κ3) is 4.31. The van der Waals surface area contributed by atoms with Crippen LogP contribution in [-0.4, -0.2) is 44.3 Å². The van der Waals surface area contributed by atoms with Gasteiger partial charge in [-0.3, -0.25) is 0 Å². The van der Waals surface area contributed by atoms with E-state index in [9.17, 15) is 19.2 Å². The van der Waals surface area contributed by atoms with E-state index < -0.39 is 46.5 Å². The molecule has 4 N–H and O–H groups in total. The Morgan fingerprint density at radius 1 is 0.657 bits per heavy atom. The van der Waals surface area contributed by atoms with Gasteiger partial charge in [0.15, 0.2) is 0 Å². The summed E-state index contributed by atoms with van der Waals surface area (Å²) in [6, 6.07) is 13.4. The van der Waals surface area contributed by atoms with Crippen molar-refractivity contribution < 1.29 is 44.0 Å². The maximum atomic E-state index is 10.7. The second-order valence-corrected chi connectivity index (χ2v) is 7.98. The Bertz CT molecular complexity index is 1560.